The van der Waals surface area contributed by atoms with Crippen LogP contribution < -0.4 is 10.1 Å². The molecule has 96 valence electrons. The van der Waals surface area contributed by atoms with E-state index >= 15 is 0 Å². The molecular formula is C15H19NO2. The minimum absolute atomic E-state index is 0.0225. The van der Waals surface area contributed by atoms with Crippen LogP contribution in [0.3, 0.4) is 0 Å². The molecule has 3 atom stereocenters. The van der Waals surface area contributed by atoms with Crippen molar-refractivity contribution in [3.63, 3.8) is 0 Å². The molecule has 3 nitrogen and oxygen atoms in total. The molecule has 0 aromatic heterocycles. The number of fused-ring (bicyclic) bond motifs is 2. The summed E-state index contributed by atoms with van der Waals surface area (Å²) in [5.74, 6) is 1.37. The summed E-state index contributed by atoms with van der Waals surface area (Å²) in [6, 6.07) is 8.10. The number of nitrogens with one attached hydrogen (secondary N) is 1. The first-order valence-corrected chi connectivity index (χ1v) is 6.84. The normalized spacial score (nSPS) is 29.2. The van der Waals surface area contributed by atoms with Gasteiger partial charge >= 0.3 is 0 Å². The van der Waals surface area contributed by atoms with E-state index in [1.165, 1.54) is 0 Å². The number of carbonyl (C=O) groups excluding carboxylic acids is 1. The summed E-state index contributed by atoms with van der Waals surface area (Å²) in [6.45, 7) is 2.16. The number of benzene rings is 1. The van der Waals surface area contributed by atoms with E-state index in [0.717, 1.165) is 30.7 Å². The van der Waals surface area contributed by atoms with Crippen molar-refractivity contribution in [2.45, 2.75) is 44.8 Å². The van der Waals surface area contributed by atoms with Gasteiger partial charge in [-0.05, 0) is 18.6 Å². The number of hydrogen-bond donors (Lipinski definition) is 1. The van der Waals surface area contributed by atoms with E-state index in [9.17, 15) is 4.79 Å². The maximum Gasteiger partial charge on any atom is 0.142 e. The molecule has 0 spiro atoms. The highest BCUT2D eigenvalue weighted by molar-refractivity contribution is 5.86. The van der Waals surface area contributed by atoms with Crippen molar-refractivity contribution in [2.24, 2.45) is 5.92 Å². The smallest absolute Gasteiger partial charge is 0.142 e. The minimum Gasteiger partial charge on any atom is -0.486 e. The zero-order chi connectivity index (χ0) is 12.5. The second-order valence-corrected chi connectivity index (χ2v) is 5.24. The van der Waals surface area contributed by atoms with E-state index in [0.29, 0.717) is 12.2 Å². The lowest BCUT2D eigenvalue weighted by Crippen LogP contribution is -2.41. The van der Waals surface area contributed by atoms with Crippen molar-refractivity contribution in [3.8, 4) is 5.75 Å². The van der Waals surface area contributed by atoms with E-state index in [-0.39, 0.29) is 18.1 Å². The minimum atomic E-state index is 0.0225. The molecule has 0 unspecified atom stereocenters. The molecule has 1 N–H and O–H groups in total. The van der Waals surface area contributed by atoms with E-state index in [1.807, 2.05) is 24.3 Å². The molecule has 1 aromatic carbocycles. The average molecular weight is 245 g/mol. The number of Topliss-reactive ketones (excluding diaryl/α,β-unsaturated/α-hetero) is 1. The van der Waals surface area contributed by atoms with Crippen molar-refractivity contribution in [1.29, 1.82) is 0 Å². The Balaban J connectivity index is 1.81. The largest absolute Gasteiger partial charge is 0.486 e. The van der Waals surface area contributed by atoms with Crippen LogP contribution in [-0.4, -0.2) is 17.9 Å². The van der Waals surface area contributed by atoms with Crippen LogP contribution >= 0.6 is 0 Å². The summed E-state index contributed by atoms with van der Waals surface area (Å²) in [5.41, 5.74) is 1.02. The Morgan fingerprint density at radius 2 is 2.22 bits per heavy atom. The highest BCUT2D eigenvalue weighted by atomic mass is 16.5. The van der Waals surface area contributed by atoms with Crippen molar-refractivity contribution in [2.75, 3.05) is 5.32 Å². The van der Waals surface area contributed by atoms with Crippen LogP contribution in [0.15, 0.2) is 24.3 Å². The fourth-order valence-electron chi connectivity index (χ4n) is 3.04. The van der Waals surface area contributed by atoms with Gasteiger partial charge in [-0.3, -0.25) is 4.79 Å². The van der Waals surface area contributed by atoms with Crippen molar-refractivity contribution in [1.82, 2.24) is 0 Å². The van der Waals surface area contributed by atoms with Gasteiger partial charge in [0.25, 0.3) is 0 Å². The first-order chi connectivity index (χ1) is 8.79. The molecule has 1 fully saturated rings. The third-order valence-electron chi connectivity index (χ3n) is 4.01. The van der Waals surface area contributed by atoms with E-state index in [1.54, 1.807) is 0 Å². The van der Waals surface area contributed by atoms with Crippen LogP contribution in [0.2, 0.25) is 0 Å². The summed E-state index contributed by atoms with van der Waals surface area (Å²) in [5, 5.41) is 3.50. The lowest BCUT2D eigenvalue weighted by atomic mass is 9.94. The Bertz CT molecular complexity index is 458. The number of ether oxygens (including phenoxy) is 1. The maximum atomic E-state index is 12.1. The first-order valence-electron chi connectivity index (χ1n) is 6.84. The van der Waals surface area contributed by atoms with Crippen molar-refractivity contribution in [3.05, 3.63) is 24.3 Å². The molecule has 1 aromatic rings. The summed E-state index contributed by atoms with van der Waals surface area (Å²) in [6.07, 6.45) is 3.81. The average Bonchev–Trinajstić information content (AvgIpc) is 2.68. The van der Waals surface area contributed by atoms with E-state index < -0.39 is 0 Å². The molecular weight excluding hydrogens is 226 g/mol. The Morgan fingerprint density at radius 1 is 1.39 bits per heavy atom. The van der Waals surface area contributed by atoms with Crippen LogP contribution in [0, 0.1) is 5.92 Å². The molecule has 3 heteroatoms. The number of anilines is 1. The number of rotatable bonds is 3. The number of hydrogen-bond acceptors (Lipinski definition) is 3. The molecule has 0 amide bonds. The SMILES string of the molecule is CCCC[C@@H]1C(=O)C[C@H]2Oc3ccccc3N[C@@H]12. The van der Waals surface area contributed by atoms with Gasteiger partial charge in [-0.1, -0.05) is 31.9 Å². The third-order valence-corrected chi connectivity index (χ3v) is 4.01. The number of ketones is 1. The number of carbonyl (C=O) groups is 1. The predicted molar refractivity (Wildman–Crippen MR) is 70.9 cm³/mol. The first kappa shape index (κ1) is 11.6. The van der Waals surface area contributed by atoms with Crippen LogP contribution in [0.1, 0.15) is 32.6 Å². The lowest BCUT2D eigenvalue weighted by molar-refractivity contribution is -0.121. The molecule has 3 rings (SSSR count). The van der Waals surface area contributed by atoms with Gasteiger partial charge in [0.2, 0.25) is 0 Å². The van der Waals surface area contributed by atoms with Gasteiger partial charge in [0.05, 0.1) is 11.7 Å². The van der Waals surface area contributed by atoms with Crippen LogP contribution in [0.4, 0.5) is 5.69 Å². The van der Waals surface area contributed by atoms with Gasteiger partial charge in [-0.25, -0.2) is 0 Å². The van der Waals surface area contributed by atoms with Crippen molar-refractivity contribution < 1.29 is 9.53 Å². The highest BCUT2D eigenvalue weighted by Crippen LogP contribution is 2.39. The lowest BCUT2D eigenvalue weighted by Gasteiger charge is -2.32. The summed E-state index contributed by atoms with van der Waals surface area (Å²) in [7, 11) is 0. The standard InChI is InChI=1S/C15H19NO2/c1-2-3-6-10-12(17)9-14-15(10)16-11-7-4-5-8-13(11)18-14/h4-5,7-8,10,14-16H,2-3,6,9H2,1H3/t10-,14-,15+/m1/s1. The monoisotopic (exact) mass is 245 g/mol. The molecule has 2 aliphatic rings. The number of para-hydroxylation sites is 2. The molecule has 1 aliphatic carbocycles. The summed E-state index contributed by atoms with van der Waals surface area (Å²) >= 11 is 0. The summed E-state index contributed by atoms with van der Waals surface area (Å²) < 4.78 is 5.95. The Kier molecular flexibility index (Phi) is 2.98. The predicted octanol–water partition coefficient (Wildman–Crippen LogP) is 3.01. The second-order valence-electron chi connectivity index (χ2n) is 5.24. The van der Waals surface area contributed by atoms with Gasteiger partial charge in [-0.15, -0.1) is 0 Å². The fourth-order valence-corrected chi connectivity index (χ4v) is 3.04. The fraction of sp³-hybridized carbons (Fsp3) is 0.533. The van der Waals surface area contributed by atoms with Gasteiger partial charge < -0.3 is 10.1 Å². The zero-order valence-corrected chi connectivity index (χ0v) is 10.7. The van der Waals surface area contributed by atoms with Gasteiger partial charge in [-0.2, -0.15) is 0 Å². The highest BCUT2D eigenvalue weighted by Gasteiger charge is 2.45. The van der Waals surface area contributed by atoms with Gasteiger partial charge in [0, 0.05) is 12.3 Å². The van der Waals surface area contributed by atoms with Crippen molar-refractivity contribution >= 4 is 11.5 Å². The topological polar surface area (TPSA) is 38.3 Å². The maximum absolute atomic E-state index is 12.1. The van der Waals surface area contributed by atoms with Gasteiger partial charge in [0.1, 0.15) is 17.6 Å². The molecule has 1 heterocycles. The van der Waals surface area contributed by atoms with Gasteiger partial charge in [0.15, 0.2) is 0 Å². The molecule has 0 bridgehead atoms. The Hall–Kier alpha value is -1.51. The van der Waals surface area contributed by atoms with Crippen LogP contribution in [0.25, 0.3) is 0 Å². The molecule has 18 heavy (non-hydrogen) atoms. The Morgan fingerprint density at radius 3 is 3.06 bits per heavy atom. The Labute approximate surface area is 108 Å². The quantitative estimate of drug-likeness (QED) is 0.889. The molecule has 1 aliphatic heterocycles. The second kappa shape index (κ2) is 4.63. The van der Waals surface area contributed by atoms with E-state index in [4.69, 9.17) is 4.74 Å². The molecule has 0 saturated heterocycles. The number of unbranched alkanes of at least 4 members (excludes halogenated alkanes) is 1. The van der Waals surface area contributed by atoms with Crippen LogP contribution in [0.5, 0.6) is 5.75 Å². The van der Waals surface area contributed by atoms with E-state index in [2.05, 4.69) is 12.2 Å². The zero-order valence-electron chi connectivity index (χ0n) is 10.7. The molecule has 1 saturated carbocycles. The summed E-state index contributed by atoms with van der Waals surface area (Å²) in [4.78, 5) is 12.1. The van der Waals surface area contributed by atoms with Crippen LogP contribution in [-0.2, 0) is 4.79 Å². The molecule has 0 radical (unpaired) electrons. The third kappa shape index (κ3) is 1.88.